The Morgan fingerprint density at radius 2 is 1.51 bits per heavy atom. The number of hydrogen-bond acceptors (Lipinski definition) is 6. The third kappa shape index (κ3) is 5.50. The van der Waals surface area contributed by atoms with Crippen molar-refractivity contribution in [3.05, 3.63) is 89.0 Å². The summed E-state index contributed by atoms with van der Waals surface area (Å²) in [6.45, 7) is 2.40. The molecule has 0 spiro atoms. The summed E-state index contributed by atoms with van der Waals surface area (Å²) in [7, 11) is 3.17. The largest absolute Gasteiger partial charge is 0.493 e. The van der Waals surface area contributed by atoms with Gasteiger partial charge in [0.05, 0.1) is 31.4 Å². The summed E-state index contributed by atoms with van der Waals surface area (Å²) in [4.78, 5) is 27.6. The lowest BCUT2D eigenvalue weighted by molar-refractivity contribution is 0.0651. The van der Waals surface area contributed by atoms with E-state index in [2.05, 4.69) is 6.07 Å². The van der Waals surface area contributed by atoms with Crippen LogP contribution in [0.4, 0.5) is 0 Å². The second kappa shape index (κ2) is 11.5. The van der Waals surface area contributed by atoms with Crippen LogP contribution in [-0.4, -0.2) is 37.5 Å². The molecule has 0 aliphatic carbocycles. The lowest BCUT2D eigenvalue weighted by Gasteiger charge is -2.28. The molecule has 2 amide bonds. The number of hydrogen-bond donors (Lipinski definition) is 0. The van der Waals surface area contributed by atoms with E-state index < -0.39 is 4.75 Å². The molecule has 0 saturated heterocycles. The fourth-order valence-electron chi connectivity index (χ4n) is 4.56. The maximum absolute atomic E-state index is 12.6. The van der Waals surface area contributed by atoms with E-state index in [1.807, 2.05) is 49.4 Å². The Morgan fingerprint density at radius 1 is 0.865 bits per heavy atom. The Bertz CT molecular complexity index is 1300. The number of nitrogens with zero attached hydrogens (tertiary/aromatic N) is 2. The van der Waals surface area contributed by atoms with Gasteiger partial charge in [0.2, 0.25) is 0 Å². The molecule has 1 unspecified atom stereocenters. The molecule has 190 valence electrons. The van der Waals surface area contributed by atoms with Gasteiger partial charge in [-0.3, -0.25) is 14.5 Å². The van der Waals surface area contributed by atoms with Crippen molar-refractivity contribution in [1.82, 2.24) is 4.90 Å². The van der Waals surface area contributed by atoms with E-state index in [1.165, 1.54) is 16.7 Å². The van der Waals surface area contributed by atoms with E-state index in [1.54, 1.807) is 38.5 Å². The first-order valence-corrected chi connectivity index (χ1v) is 13.1. The average molecular weight is 515 g/mol. The van der Waals surface area contributed by atoms with Crippen molar-refractivity contribution in [2.24, 2.45) is 0 Å². The van der Waals surface area contributed by atoms with Crippen molar-refractivity contribution in [1.29, 1.82) is 5.26 Å². The van der Waals surface area contributed by atoms with Crippen LogP contribution in [-0.2, 0) is 4.75 Å². The molecular weight excluding hydrogens is 484 g/mol. The molecule has 4 rings (SSSR count). The molecule has 3 aromatic rings. The van der Waals surface area contributed by atoms with Gasteiger partial charge < -0.3 is 9.47 Å². The molecule has 1 atom stereocenters. The number of thioether (sulfide) groups is 1. The summed E-state index contributed by atoms with van der Waals surface area (Å²) in [6, 6.07) is 23.3. The van der Waals surface area contributed by atoms with Crippen LogP contribution < -0.4 is 9.47 Å². The first-order chi connectivity index (χ1) is 17.9. The minimum atomic E-state index is -0.843. The molecule has 0 aromatic heterocycles. The highest BCUT2D eigenvalue weighted by Gasteiger charge is 2.36. The summed E-state index contributed by atoms with van der Waals surface area (Å²) < 4.78 is 10.1. The highest BCUT2D eigenvalue weighted by atomic mass is 32.2. The van der Waals surface area contributed by atoms with Gasteiger partial charge in [0.1, 0.15) is 4.75 Å². The van der Waals surface area contributed by atoms with Crippen LogP contribution in [0.15, 0.2) is 71.6 Å². The second-order valence-electron chi connectivity index (χ2n) is 9.04. The zero-order chi connectivity index (χ0) is 26.4. The third-order valence-electron chi connectivity index (χ3n) is 6.63. The number of aryl methyl sites for hydroxylation is 1. The highest BCUT2D eigenvalue weighted by Crippen LogP contribution is 2.47. The quantitative estimate of drug-likeness (QED) is 0.168. The highest BCUT2D eigenvalue weighted by molar-refractivity contribution is 8.00. The normalized spacial score (nSPS) is 14.2. The van der Waals surface area contributed by atoms with Crippen LogP contribution in [0.25, 0.3) is 0 Å². The number of rotatable bonds is 11. The molecule has 0 bridgehead atoms. The number of ether oxygens (including phenoxy) is 2. The van der Waals surface area contributed by atoms with Gasteiger partial charge in [-0.25, -0.2) is 0 Å². The van der Waals surface area contributed by atoms with Gasteiger partial charge in [0.15, 0.2) is 11.5 Å². The van der Waals surface area contributed by atoms with Crippen LogP contribution in [0.3, 0.4) is 0 Å². The standard InChI is InChI=1S/C30H30N2O4S/c1-21-11-14-23(15-12-21)37-30(20-31,22-13-16-26(35-2)27(19-22)36-3)17-7-4-8-18-32-28(33)24-9-5-6-10-25(24)29(32)34/h5-6,9-16,19H,4,7-8,17-18H2,1-3H3. The SMILES string of the molecule is COc1ccc(C(C#N)(CCCCCN2C(=O)c3ccccc3C2=O)Sc2ccc(C)cc2)cc1OC. The summed E-state index contributed by atoms with van der Waals surface area (Å²) in [5, 5.41) is 10.5. The monoisotopic (exact) mass is 514 g/mol. The van der Waals surface area contributed by atoms with Gasteiger partial charge >= 0.3 is 0 Å². The van der Waals surface area contributed by atoms with E-state index in [0.717, 1.165) is 28.9 Å². The first-order valence-electron chi connectivity index (χ1n) is 12.3. The molecule has 1 heterocycles. The molecule has 1 aliphatic rings. The lowest BCUT2D eigenvalue weighted by Crippen LogP contribution is -2.30. The van der Waals surface area contributed by atoms with Gasteiger partial charge in [0, 0.05) is 11.4 Å². The summed E-state index contributed by atoms with van der Waals surface area (Å²) >= 11 is 1.53. The smallest absolute Gasteiger partial charge is 0.261 e. The van der Waals surface area contributed by atoms with Crippen molar-refractivity contribution < 1.29 is 19.1 Å². The minimum absolute atomic E-state index is 0.229. The van der Waals surface area contributed by atoms with E-state index in [0.29, 0.717) is 42.0 Å². The van der Waals surface area contributed by atoms with Crippen molar-refractivity contribution in [2.75, 3.05) is 20.8 Å². The Balaban J connectivity index is 1.47. The first kappa shape index (κ1) is 26.3. The van der Waals surface area contributed by atoms with E-state index in [-0.39, 0.29) is 11.8 Å². The predicted molar refractivity (Wildman–Crippen MR) is 144 cm³/mol. The zero-order valence-electron chi connectivity index (χ0n) is 21.3. The molecule has 7 heteroatoms. The molecule has 6 nitrogen and oxygen atoms in total. The number of nitriles is 1. The third-order valence-corrected chi connectivity index (χ3v) is 8.02. The van der Waals surface area contributed by atoms with Crippen molar-refractivity contribution >= 4 is 23.6 Å². The molecular formula is C30H30N2O4S. The number of amides is 2. The van der Waals surface area contributed by atoms with E-state index in [4.69, 9.17) is 9.47 Å². The number of benzene rings is 3. The molecule has 0 radical (unpaired) electrons. The van der Waals surface area contributed by atoms with Crippen molar-refractivity contribution in [3.8, 4) is 17.6 Å². The van der Waals surface area contributed by atoms with E-state index >= 15 is 0 Å². The topological polar surface area (TPSA) is 79.6 Å². The number of unbranched alkanes of at least 4 members (excludes halogenated alkanes) is 2. The molecule has 3 aromatic carbocycles. The van der Waals surface area contributed by atoms with Gasteiger partial charge in [-0.15, -0.1) is 0 Å². The van der Waals surface area contributed by atoms with Crippen molar-refractivity contribution in [3.63, 3.8) is 0 Å². The maximum Gasteiger partial charge on any atom is 0.261 e. The molecule has 37 heavy (non-hydrogen) atoms. The van der Waals surface area contributed by atoms with Gasteiger partial charge in [-0.1, -0.05) is 60.5 Å². The van der Waals surface area contributed by atoms with Crippen LogP contribution >= 0.6 is 11.8 Å². The number of imide groups is 1. The number of methoxy groups -OCH3 is 2. The van der Waals surface area contributed by atoms with Gasteiger partial charge in [-0.2, -0.15) is 5.26 Å². The van der Waals surface area contributed by atoms with Crippen LogP contribution in [0, 0.1) is 18.3 Å². The molecule has 1 aliphatic heterocycles. The zero-order valence-corrected chi connectivity index (χ0v) is 22.1. The fourth-order valence-corrected chi connectivity index (χ4v) is 5.77. The Morgan fingerprint density at radius 3 is 2.11 bits per heavy atom. The predicted octanol–water partition coefficient (Wildman–Crippen LogP) is 6.38. The maximum atomic E-state index is 12.6. The van der Waals surface area contributed by atoms with Gasteiger partial charge in [0.25, 0.3) is 11.8 Å². The summed E-state index contributed by atoms with van der Waals surface area (Å²) in [5.41, 5.74) is 2.95. The Hall–Kier alpha value is -3.76. The van der Waals surface area contributed by atoms with Gasteiger partial charge in [-0.05, 0) is 61.7 Å². The second-order valence-corrected chi connectivity index (χ2v) is 10.4. The van der Waals surface area contributed by atoms with Crippen molar-refractivity contribution in [2.45, 2.75) is 42.2 Å². The van der Waals surface area contributed by atoms with E-state index in [9.17, 15) is 14.9 Å². The number of fused-ring (bicyclic) bond motifs is 1. The summed E-state index contributed by atoms with van der Waals surface area (Å²) in [6.07, 6.45) is 2.80. The fraction of sp³-hybridized carbons (Fsp3) is 0.300. The molecule has 0 N–H and O–H groups in total. The Kier molecular flexibility index (Phi) is 8.20. The number of carbonyl (C=O) groups excluding carboxylic acids is 2. The number of carbonyl (C=O) groups is 2. The Labute approximate surface area is 222 Å². The average Bonchev–Trinajstić information content (AvgIpc) is 3.17. The minimum Gasteiger partial charge on any atom is -0.493 e. The summed E-state index contributed by atoms with van der Waals surface area (Å²) in [5.74, 6) is 0.730. The molecule has 0 fully saturated rings. The molecule has 0 saturated carbocycles. The van der Waals surface area contributed by atoms with Crippen LogP contribution in [0.5, 0.6) is 11.5 Å². The van der Waals surface area contributed by atoms with Crippen LogP contribution in [0.2, 0.25) is 0 Å². The van der Waals surface area contributed by atoms with Crippen LogP contribution in [0.1, 0.15) is 57.5 Å². The lowest BCUT2D eigenvalue weighted by atomic mass is 9.93.